The van der Waals surface area contributed by atoms with Crippen LogP contribution in [0.15, 0.2) is 42.9 Å². The second kappa shape index (κ2) is 3.22. The van der Waals surface area contributed by atoms with Crippen molar-refractivity contribution in [3.63, 3.8) is 0 Å². The molecule has 1 N–H and O–H groups in total. The van der Waals surface area contributed by atoms with E-state index in [4.69, 9.17) is 0 Å². The van der Waals surface area contributed by atoms with Crippen molar-refractivity contribution in [2.24, 2.45) is 0 Å². The quantitative estimate of drug-likeness (QED) is 0.671. The van der Waals surface area contributed by atoms with Gasteiger partial charge in [-0.25, -0.2) is 0 Å². The van der Waals surface area contributed by atoms with E-state index in [0.29, 0.717) is 0 Å². The van der Waals surface area contributed by atoms with Crippen molar-refractivity contribution >= 4 is 5.57 Å². The molecule has 0 saturated carbocycles. The van der Waals surface area contributed by atoms with Crippen LogP contribution in [0, 0.1) is 0 Å². The number of aromatic nitrogens is 1. The number of dihydropyridines is 1. The van der Waals surface area contributed by atoms with Gasteiger partial charge in [-0.15, -0.1) is 0 Å². The summed E-state index contributed by atoms with van der Waals surface area (Å²) in [5.74, 6) is 0. The average molecular weight is 158 g/mol. The van der Waals surface area contributed by atoms with Crippen LogP contribution < -0.4 is 5.32 Å². The molecule has 60 valence electrons. The lowest BCUT2D eigenvalue weighted by Crippen LogP contribution is -2.08. The first-order valence-electron chi connectivity index (χ1n) is 3.97. The van der Waals surface area contributed by atoms with E-state index in [9.17, 15) is 0 Å². The van der Waals surface area contributed by atoms with Crippen LogP contribution in [-0.2, 0) is 0 Å². The maximum absolute atomic E-state index is 3.97. The summed E-state index contributed by atoms with van der Waals surface area (Å²) in [5.41, 5.74) is 2.49. The van der Waals surface area contributed by atoms with Crippen LogP contribution in [0.3, 0.4) is 0 Å². The van der Waals surface area contributed by atoms with Gasteiger partial charge in [-0.05, 0) is 35.5 Å². The smallest absolute Gasteiger partial charge is 0.0334 e. The van der Waals surface area contributed by atoms with Gasteiger partial charge in [0.15, 0.2) is 0 Å². The molecule has 0 amide bonds. The molecule has 0 aliphatic carbocycles. The number of hydrogen-bond acceptors (Lipinski definition) is 2. The van der Waals surface area contributed by atoms with E-state index in [0.717, 1.165) is 6.54 Å². The van der Waals surface area contributed by atoms with Crippen LogP contribution in [-0.4, -0.2) is 11.5 Å². The van der Waals surface area contributed by atoms with Crippen molar-refractivity contribution < 1.29 is 0 Å². The van der Waals surface area contributed by atoms with E-state index in [2.05, 4.69) is 22.5 Å². The summed E-state index contributed by atoms with van der Waals surface area (Å²) in [6, 6.07) is 4.03. The minimum atomic E-state index is 0.911. The fourth-order valence-corrected chi connectivity index (χ4v) is 1.21. The molecule has 0 bridgehead atoms. The molecule has 1 aliphatic rings. The molecule has 0 aromatic carbocycles. The Morgan fingerprint density at radius 3 is 2.75 bits per heavy atom. The van der Waals surface area contributed by atoms with Gasteiger partial charge in [0.1, 0.15) is 0 Å². The lowest BCUT2D eigenvalue weighted by Gasteiger charge is -2.07. The Morgan fingerprint density at radius 1 is 1.25 bits per heavy atom. The van der Waals surface area contributed by atoms with E-state index in [1.165, 1.54) is 11.1 Å². The molecule has 0 fully saturated rings. The highest BCUT2D eigenvalue weighted by Crippen LogP contribution is 2.15. The van der Waals surface area contributed by atoms with E-state index < -0.39 is 0 Å². The largest absolute Gasteiger partial charge is 0.387 e. The predicted octanol–water partition coefficient (Wildman–Crippen LogP) is 1.58. The molecule has 2 nitrogen and oxygen atoms in total. The Balaban J connectivity index is 2.31. The summed E-state index contributed by atoms with van der Waals surface area (Å²) in [6.45, 7) is 0.911. The van der Waals surface area contributed by atoms with Crippen molar-refractivity contribution in [1.29, 1.82) is 0 Å². The van der Waals surface area contributed by atoms with Crippen LogP contribution in [0.5, 0.6) is 0 Å². The van der Waals surface area contributed by atoms with Crippen LogP contribution in [0.4, 0.5) is 0 Å². The number of nitrogens with zero attached hydrogens (tertiary/aromatic N) is 1. The number of rotatable bonds is 1. The fourth-order valence-electron chi connectivity index (χ4n) is 1.21. The summed E-state index contributed by atoms with van der Waals surface area (Å²) < 4.78 is 0. The fraction of sp³-hybridized carbons (Fsp3) is 0.100. The molecule has 1 aliphatic heterocycles. The van der Waals surface area contributed by atoms with E-state index in [1.807, 2.05) is 30.7 Å². The summed E-state index contributed by atoms with van der Waals surface area (Å²) in [6.07, 6.45) is 9.82. The van der Waals surface area contributed by atoms with Crippen molar-refractivity contribution in [1.82, 2.24) is 10.3 Å². The minimum Gasteiger partial charge on any atom is -0.387 e. The third-order valence-electron chi connectivity index (χ3n) is 1.83. The summed E-state index contributed by atoms with van der Waals surface area (Å²) in [4.78, 5) is 3.97. The number of hydrogen-bond donors (Lipinski definition) is 1. The molecule has 0 atom stereocenters. The summed E-state index contributed by atoms with van der Waals surface area (Å²) >= 11 is 0. The Labute approximate surface area is 71.6 Å². The average Bonchev–Trinajstić information content (AvgIpc) is 2.21. The standard InChI is InChI=1S/C10H10N2/c1-5-11-6-2-9(1)10-3-7-12-8-4-10/h1-7,12H,8H2. The predicted molar refractivity (Wildman–Crippen MR) is 49.4 cm³/mol. The summed E-state index contributed by atoms with van der Waals surface area (Å²) in [5, 5.41) is 3.11. The summed E-state index contributed by atoms with van der Waals surface area (Å²) in [7, 11) is 0. The number of pyridine rings is 1. The van der Waals surface area contributed by atoms with E-state index in [-0.39, 0.29) is 0 Å². The zero-order valence-electron chi connectivity index (χ0n) is 6.70. The SMILES string of the molecule is C1=CC(c2ccncc2)=CCN1. The Hall–Kier alpha value is -1.57. The first kappa shape index (κ1) is 7.10. The Kier molecular flexibility index (Phi) is 1.90. The molecule has 0 unspecified atom stereocenters. The highest BCUT2D eigenvalue weighted by Gasteiger charge is 1.98. The highest BCUT2D eigenvalue weighted by molar-refractivity contribution is 5.74. The Morgan fingerprint density at radius 2 is 2.08 bits per heavy atom. The van der Waals surface area contributed by atoms with Gasteiger partial charge in [0, 0.05) is 18.9 Å². The van der Waals surface area contributed by atoms with Crippen molar-refractivity contribution in [3.05, 3.63) is 48.4 Å². The van der Waals surface area contributed by atoms with Gasteiger partial charge in [-0.1, -0.05) is 6.08 Å². The van der Waals surface area contributed by atoms with Gasteiger partial charge in [-0.2, -0.15) is 0 Å². The molecule has 0 saturated heterocycles. The van der Waals surface area contributed by atoms with Gasteiger partial charge >= 0.3 is 0 Å². The zero-order chi connectivity index (χ0) is 8.23. The molecular weight excluding hydrogens is 148 g/mol. The molecule has 0 radical (unpaired) electrons. The second-order valence-electron chi connectivity index (χ2n) is 2.64. The molecule has 2 heterocycles. The molecule has 2 rings (SSSR count). The number of allylic oxidation sites excluding steroid dienone is 2. The lowest BCUT2D eigenvalue weighted by atomic mass is 10.1. The Bertz CT molecular complexity index is 312. The maximum atomic E-state index is 3.97. The van der Waals surface area contributed by atoms with Gasteiger partial charge in [0.25, 0.3) is 0 Å². The van der Waals surface area contributed by atoms with E-state index in [1.54, 1.807) is 0 Å². The van der Waals surface area contributed by atoms with E-state index >= 15 is 0 Å². The molecule has 1 aromatic rings. The normalized spacial score (nSPS) is 15.2. The third kappa shape index (κ3) is 1.37. The maximum Gasteiger partial charge on any atom is 0.0334 e. The topological polar surface area (TPSA) is 24.9 Å². The van der Waals surface area contributed by atoms with Crippen LogP contribution in [0.1, 0.15) is 5.56 Å². The van der Waals surface area contributed by atoms with Gasteiger partial charge in [0.2, 0.25) is 0 Å². The van der Waals surface area contributed by atoms with Crippen LogP contribution >= 0.6 is 0 Å². The van der Waals surface area contributed by atoms with Gasteiger partial charge in [-0.3, -0.25) is 4.98 Å². The molecule has 1 aromatic heterocycles. The van der Waals surface area contributed by atoms with Crippen molar-refractivity contribution in [3.8, 4) is 0 Å². The van der Waals surface area contributed by atoms with Crippen LogP contribution in [0.25, 0.3) is 5.57 Å². The molecular formula is C10H10N2. The molecule has 0 spiro atoms. The molecule has 2 heteroatoms. The third-order valence-corrected chi connectivity index (χ3v) is 1.83. The van der Waals surface area contributed by atoms with Crippen LogP contribution in [0.2, 0.25) is 0 Å². The zero-order valence-corrected chi connectivity index (χ0v) is 6.70. The molecule has 12 heavy (non-hydrogen) atoms. The monoisotopic (exact) mass is 158 g/mol. The first-order chi connectivity index (χ1) is 5.97. The van der Waals surface area contributed by atoms with Gasteiger partial charge < -0.3 is 5.32 Å². The minimum absolute atomic E-state index is 0.911. The van der Waals surface area contributed by atoms with Crippen molar-refractivity contribution in [2.45, 2.75) is 0 Å². The van der Waals surface area contributed by atoms with Gasteiger partial charge in [0.05, 0.1) is 0 Å². The first-order valence-corrected chi connectivity index (χ1v) is 3.97. The second-order valence-corrected chi connectivity index (χ2v) is 2.64. The lowest BCUT2D eigenvalue weighted by molar-refractivity contribution is 0.975. The highest BCUT2D eigenvalue weighted by atomic mass is 14.8. The number of nitrogens with one attached hydrogen (secondary N) is 1. The van der Waals surface area contributed by atoms with Crippen molar-refractivity contribution in [2.75, 3.05) is 6.54 Å².